The van der Waals surface area contributed by atoms with E-state index in [1.165, 1.54) is 25.7 Å². The summed E-state index contributed by atoms with van der Waals surface area (Å²) in [7, 11) is 0. The van der Waals surface area contributed by atoms with Gasteiger partial charge in [0.05, 0.1) is 15.6 Å². The van der Waals surface area contributed by atoms with Gasteiger partial charge in [-0.25, -0.2) is 4.98 Å². The number of halogens is 3. The maximum atomic E-state index is 12.2. The number of aromatic nitrogens is 1. The number of hydrogen-bond donors (Lipinski definition) is 1. The lowest BCUT2D eigenvalue weighted by molar-refractivity contribution is 0.0948. The highest BCUT2D eigenvalue weighted by atomic mass is 35.5. The number of nitrogens with zero attached hydrogens (tertiary/aromatic N) is 1. The molecule has 0 saturated carbocycles. The number of rotatable bonds is 8. The van der Waals surface area contributed by atoms with Crippen molar-refractivity contribution in [3.63, 3.8) is 0 Å². The molecule has 0 radical (unpaired) electrons. The summed E-state index contributed by atoms with van der Waals surface area (Å²) in [5.74, 6) is -0.233. The number of fused-ring (bicyclic) bond motifs is 1. The molecule has 2 aromatic rings. The van der Waals surface area contributed by atoms with Gasteiger partial charge in [0.2, 0.25) is 0 Å². The fourth-order valence-corrected chi connectivity index (χ4v) is 3.49. The van der Waals surface area contributed by atoms with Gasteiger partial charge in [0.25, 0.3) is 5.91 Å². The molecule has 0 unspecified atom stereocenters. The first-order chi connectivity index (χ1) is 11.5. The van der Waals surface area contributed by atoms with Crippen molar-refractivity contribution in [2.45, 2.75) is 45.4 Å². The third kappa shape index (κ3) is 5.23. The van der Waals surface area contributed by atoms with Crippen LogP contribution in [-0.4, -0.2) is 17.4 Å². The van der Waals surface area contributed by atoms with E-state index in [4.69, 9.17) is 34.8 Å². The summed E-state index contributed by atoms with van der Waals surface area (Å²) < 4.78 is 0. The van der Waals surface area contributed by atoms with E-state index in [9.17, 15) is 4.79 Å². The minimum absolute atomic E-state index is 0.233. The van der Waals surface area contributed by atoms with Crippen LogP contribution in [0.2, 0.25) is 15.1 Å². The summed E-state index contributed by atoms with van der Waals surface area (Å²) in [4.78, 5) is 16.6. The molecule has 2 rings (SSSR count). The predicted octanol–water partition coefficient (Wildman–Crippen LogP) is 6.29. The first kappa shape index (κ1) is 19.3. The predicted molar refractivity (Wildman–Crippen MR) is 102 cm³/mol. The standard InChI is InChI=1S/C18H21Cl3N2O/c1-2-3-4-5-6-7-8-22-18(24)16-11-14(21)17-13(20)9-12(19)10-15(17)23-16/h9-11H,2-8H2,1H3,(H,22,24). The minimum Gasteiger partial charge on any atom is -0.351 e. The number of carbonyl (C=O) groups excluding carboxylic acids is 1. The first-order valence-electron chi connectivity index (χ1n) is 8.26. The number of hydrogen-bond acceptors (Lipinski definition) is 2. The molecule has 3 nitrogen and oxygen atoms in total. The summed E-state index contributed by atoms with van der Waals surface area (Å²) in [6.07, 6.45) is 7.07. The van der Waals surface area contributed by atoms with Crippen LogP contribution >= 0.6 is 34.8 Å². The zero-order valence-corrected chi connectivity index (χ0v) is 15.9. The Balaban J connectivity index is 1.97. The van der Waals surface area contributed by atoms with Gasteiger partial charge in [-0.1, -0.05) is 73.8 Å². The van der Waals surface area contributed by atoms with Crippen LogP contribution in [0.15, 0.2) is 18.2 Å². The number of unbranched alkanes of at least 4 members (excludes halogenated alkanes) is 5. The maximum absolute atomic E-state index is 12.2. The molecular formula is C18H21Cl3N2O. The van der Waals surface area contributed by atoms with Gasteiger partial charge in [-0.2, -0.15) is 0 Å². The lowest BCUT2D eigenvalue weighted by Gasteiger charge is -2.08. The largest absolute Gasteiger partial charge is 0.351 e. The van der Waals surface area contributed by atoms with Gasteiger partial charge in [-0.15, -0.1) is 0 Å². The van der Waals surface area contributed by atoms with Gasteiger partial charge in [0.15, 0.2) is 0 Å². The molecule has 0 fully saturated rings. The van der Waals surface area contributed by atoms with Crippen LogP contribution in [0.4, 0.5) is 0 Å². The Labute approximate surface area is 157 Å². The van der Waals surface area contributed by atoms with Crippen molar-refractivity contribution in [3.05, 3.63) is 39.0 Å². The smallest absolute Gasteiger partial charge is 0.269 e. The Morgan fingerprint density at radius 2 is 1.67 bits per heavy atom. The van der Waals surface area contributed by atoms with E-state index in [1.54, 1.807) is 18.2 Å². The molecule has 1 heterocycles. The van der Waals surface area contributed by atoms with Crippen molar-refractivity contribution in [3.8, 4) is 0 Å². The normalized spacial score (nSPS) is 11.0. The van der Waals surface area contributed by atoms with Crippen LogP contribution in [0, 0.1) is 0 Å². The molecule has 0 aliphatic carbocycles. The van der Waals surface area contributed by atoms with E-state index in [1.807, 2.05) is 0 Å². The molecule has 1 N–H and O–H groups in total. The summed E-state index contributed by atoms with van der Waals surface area (Å²) >= 11 is 18.4. The van der Waals surface area contributed by atoms with E-state index in [0.29, 0.717) is 32.5 Å². The van der Waals surface area contributed by atoms with Crippen LogP contribution in [0.3, 0.4) is 0 Å². The minimum atomic E-state index is -0.233. The average molecular weight is 388 g/mol. The number of carbonyl (C=O) groups is 1. The number of nitrogens with one attached hydrogen (secondary N) is 1. The second kappa shape index (κ2) is 9.45. The SMILES string of the molecule is CCCCCCCCNC(=O)c1cc(Cl)c2c(Cl)cc(Cl)cc2n1. The molecule has 0 atom stereocenters. The summed E-state index contributed by atoms with van der Waals surface area (Å²) in [5.41, 5.74) is 0.793. The van der Waals surface area contributed by atoms with Crippen LogP contribution in [0.25, 0.3) is 10.9 Å². The quantitative estimate of drug-likeness (QED) is 0.541. The Bertz CT molecular complexity index is 719. The third-order valence-electron chi connectivity index (χ3n) is 3.83. The van der Waals surface area contributed by atoms with Gasteiger partial charge in [0.1, 0.15) is 5.69 Å². The van der Waals surface area contributed by atoms with E-state index in [2.05, 4.69) is 17.2 Å². The summed E-state index contributed by atoms with van der Waals surface area (Å²) in [6.45, 7) is 2.83. The lowest BCUT2D eigenvalue weighted by Crippen LogP contribution is -2.25. The molecule has 24 heavy (non-hydrogen) atoms. The van der Waals surface area contributed by atoms with Gasteiger partial charge < -0.3 is 5.32 Å². The molecule has 6 heteroatoms. The highest BCUT2D eigenvalue weighted by Crippen LogP contribution is 2.32. The van der Waals surface area contributed by atoms with Crippen molar-refractivity contribution in [1.82, 2.24) is 10.3 Å². The number of pyridine rings is 1. The maximum Gasteiger partial charge on any atom is 0.269 e. The monoisotopic (exact) mass is 386 g/mol. The molecule has 0 spiro atoms. The van der Waals surface area contributed by atoms with Crippen molar-refractivity contribution in [2.24, 2.45) is 0 Å². The van der Waals surface area contributed by atoms with Gasteiger partial charge in [-0.05, 0) is 24.6 Å². The van der Waals surface area contributed by atoms with Crippen molar-refractivity contribution < 1.29 is 4.79 Å². The van der Waals surface area contributed by atoms with Crippen molar-refractivity contribution >= 4 is 51.6 Å². The zero-order valence-electron chi connectivity index (χ0n) is 13.7. The topological polar surface area (TPSA) is 42.0 Å². The summed E-state index contributed by atoms with van der Waals surface area (Å²) in [5, 5.41) is 4.77. The van der Waals surface area contributed by atoms with Crippen molar-refractivity contribution in [2.75, 3.05) is 6.54 Å². The van der Waals surface area contributed by atoms with Crippen LogP contribution in [-0.2, 0) is 0 Å². The highest BCUT2D eigenvalue weighted by molar-refractivity contribution is 6.43. The van der Waals surface area contributed by atoms with Crippen LogP contribution in [0.1, 0.15) is 55.9 Å². The average Bonchev–Trinajstić information content (AvgIpc) is 2.52. The molecular weight excluding hydrogens is 367 g/mol. The van der Waals surface area contributed by atoms with E-state index in [0.717, 1.165) is 12.8 Å². The van der Waals surface area contributed by atoms with E-state index in [-0.39, 0.29) is 11.6 Å². The third-order valence-corrected chi connectivity index (χ3v) is 4.64. The second-order valence-electron chi connectivity index (χ2n) is 5.79. The van der Waals surface area contributed by atoms with Crippen LogP contribution in [0.5, 0.6) is 0 Å². The second-order valence-corrected chi connectivity index (χ2v) is 7.05. The molecule has 0 aliphatic rings. The fourth-order valence-electron chi connectivity index (χ4n) is 2.55. The van der Waals surface area contributed by atoms with Gasteiger partial charge in [-0.3, -0.25) is 4.79 Å². The Morgan fingerprint density at radius 3 is 2.42 bits per heavy atom. The molecule has 0 aliphatic heterocycles. The number of benzene rings is 1. The Morgan fingerprint density at radius 1 is 1.00 bits per heavy atom. The first-order valence-corrected chi connectivity index (χ1v) is 9.39. The number of amides is 1. The van der Waals surface area contributed by atoms with Gasteiger partial charge in [0, 0.05) is 17.0 Å². The molecule has 130 valence electrons. The molecule has 1 amide bonds. The molecule has 0 saturated heterocycles. The van der Waals surface area contributed by atoms with Crippen LogP contribution < -0.4 is 5.32 Å². The van der Waals surface area contributed by atoms with E-state index < -0.39 is 0 Å². The van der Waals surface area contributed by atoms with Crippen molar-refractivity contribution in [1.29, 1.82) is 0 Å². The van der Waals surface area contributed by atoms with Gasteiger partial charge >= 0.3 is 0 Å². The Kier molecular flexibility index (Phi) is 7.60. The lowest BCUT2D eigenvalue weighted by atomic mass is 10.1. The Hall–Kier alpha value is -1.03. The fraction of sp³-hybridized carbons (Fsp3) is 0.444. The van der Waals surface area contributed by atoms with E-state index >= 15 is 0 Å². The summed E-state index contributed by atoms with van der Waals surface area (Å²) in [6, 6.07) is 4.80. The highest BCUT2D eigenvalue weighted by Gasteiger charge is 2.13. The molecule has 1 aromatic heterocycles. The zero-order chi connectivity index (χ0) is 17.5. The molecule has 0 bridgehead atoms. The molecule has 1 aromatic carbocycles.